The molecule has 1 atom stereocenters. The van der Waals surface area contributed by atoms with Crippen LogP contribution in [0.1, 0.15) is 19.8 Å². The highest BCUT2D eigenvalue weighted by atomic mass is 32.2. The van der Waals surface area contributed by atoms with Gasteiger partial charge in [-0.15, -0.1) is 0 Å². The zero-order chi connectivity index (χ0) is 9.56. The molecule has 0 aliphatic carbocycles. The molecule has 0 spiro atoms. The van der Waals surface area contributed by atoms with E-state index in [1.165, 1.54) is 6.08 Å². The van der Waals surface area contributed by atoms with Gasteiger partial charge in [-0.2, -0.15) is 0 Å². The summed E-state index contributed by atoms with van der Waals surface area (Å²) in [4.78, 5) is 0. The van der Waals surface area contributed by atoms with Crippen molar-refractivity contribution < 1.29 is 16.8 Å². The Kier molecular flexibility index (Phi) is 6.00. The summed E-state index contributed by atoms with van der Waals surface area (Å²) in [6.45, 7) is 1.84. The lowest BCUT2D eigenvalue weighted by molar-refractivity contribution is 0.602. The van der Waals surface area contributed by atoms with Crippen molar-refractivity contribution in [3.8, 4) is 0 Å². The molecule has 4 nitrogen and oxygen atoms in total. The predicted octanol–water partition coefficient (Wildman–Crippen LogP) is -0.108. The Balaban J connectivity index is 4.32. The summed E-state index contributed by atoms with van der Waals surface area (Å²) >= 11 is 0. The maximum atomic E-state index is 10.5. The van der Waals surface area contributed by atoms with Gasteiger partial charge in [0.1, 0.15) is 10.7 Å². The Bertz CT molecular complexity index is 272. The molecular weight excluding hydrogens is 200 g/mol. The Hall–Kier alpha value is -0.360. The topological polar surface area (TPSA) is 68.3 Å². The van der Waals surface area contributed by atoms with Crippen LogP contribution in [0.5, 0.6) is 0 Å². The van der Waals surface area contributed by atoms with E-state index in [0.29, 0.717) is 12.8 Å². The van der Waals surface area contributed by atoms with Crippen LogP contribution in [0.4, 0.5) is 0 Å². The highest BCUT2D eigenvalue weighted by molar-refractivity contribution is 7.76. The van der Waals surface area contributed by atoms with Crippen molar-refractivity contribution in [1.82, 2.24) is 0 Å². The van der Waals surface area contributed by atoms with Gasteiger partial charge >= 0.3 is 0 Å². The van der Waals surface area contributed by atoms with Crippen LogP contribution in [0, 0.1) is 0 Å². The third kappa shape index (κ3) is 5.31. The van der Waals surface area contributed by atoms with E-state index in [2.05, 4.69) is 0 Å². The summed E-state index contributed by atoms with van der Waals surface area (Å²) < 4.78 is 41.1. The van der Waals surface area contributed by atoms with Crippen molar-refractivity contribution in [3.63, 3.8) is 0 Å². The summed E-state index contributed by atoms with van der Waals surface area (Å²) in [5, 5.41) is 0.263. The van der Waals surface area contributed by atoms with E-state index in [-0.39, 0.29) is 0 Å². The number of hydrogen-bond donors (Lipinski definition) is 2. The van der Waals surface area contributed by atoms with Gasteiger partial charge in [0.2, 0.25) is 0 Å². The molecule has 6 heteroatoms. The summed E-state index contributed by atoms with van der Waals surface area (Å²) in [5.74, 6) is 0. The molecule has 0 aromatic carbocycles. The van der Waals surface area contributed by atoms with Crippen molar-refractivity contribution >= 4 is 21.4 Å². The Morgan fingerprint density at radius 3 is 2.17 bits per heavy atom. The minimum absolute atomic E-state index is 0.471. The molecule has 0 N–H and O–H groups in total. The molecule has 0 amide bonds. The fraction of sp³-hybridized carbons (Fsp3) is 0.667. The first kappa shape index (κ1) is 11.6. The minimum atomic E-state index is -2.62. The monoisotopic (exact) mass is 212 g/mol. The molecule has 0 aromatic rings. The van der Waals surface area contributed by atoms with Gasteiger partial charge in [0.05, 0.1) is 5.25 Å². The first-order valence-corrected chi connectivity index (χ1v) is 6.02. The largest absolute Gasteiger partial charge is 0.231 e. The van der Waals surface area contributed by atoms with Gasteiger partial charge in [0.25, 0.3) is 0 Å². The van der Waals surface area contributed by atoms with Crippen LogP contribution in [0.25, 0.3) is 0 Å². The lowest BCUT2D eigenvalue weighted by Crippen LogP contribution is -2.04. The third-order valence-corrected chi connectivity index (χ3v) is 2.67. The summed E-state index contributed by atoms with van der Waals surface area (Å²) in [6, 6.07) is 0. The smallest absolute Gasteiger partial charge is 0.161 e. The molecule has 72 valence electrons. The van der Waals surface area contributed by atoms with Crippen molar-refractivity contribution in [2.75, 3.05) is 0 Å². The van der Waals surface area contributed by atoms with Crippen molar-refractivity contribution in [2.24, 2.45) is 0 Å². The molecule has 1 unspecified atom stereocenters. The quantitative estimate of drug-likeness (QED) is 0.624. The maximum Gasteiger partial charge on any atom is 0.161 e. The van der Waals surface area contributed by atoms with Gasteiger partial charge in [-0.3, -0.25) is 0 Å². The average Bonchev–Trinajstić information content (AvgIpc) is 1.96. The second-order valence-electron chi connectivity index (χ2n) is 2.27. The van der Waals surface area contributed by atoms with Gasteiger partial charge in [0, 0.05) is 5.41 Å². The lowest BCUT2D eigenvalue weighted by atomic mass is 10.2. The summed E-state index contributed by atoms with van der Waals surface area (Å²) in [6.07, 6.45) is 2.40. The van der Waals surface area contributed by atoms with E-state index in [0.717, 1.165) is 5.41 Å². The first-order chi connectivity index (χ1) is 5.57. The second kappa shape index (κ2) is 6.19. The van der Waals surface area contributed by atoms with Crippen LogP contribution in [-0.2, 0) is 21.4 Å². The number of rotatable bonds is 5. The molecule has 0 saturated heterocycles. The van der Waals surface area contributed by atoms with Crippen LogP contribution in [-0.4, -0.2) is 22.1 Å². The van der Waals surface area contributed by atoms with E-state index in [4.69, 9.17) is 0 Å². The predicted molar refractivity (Wildman–Crippen MR) is 48.5 cm³/mol. The van der Waals surface area contributed by atoms with Crippen molar-refractivity contribution in [3.05, 3.63) is 11.5 Å². The highest BCUT2D eigenvalue weighted by Gasteiger charge is 2.04. The van der Waals surface area contributed by atoms with Crippen molar-refractivity contribution in [1.29, 1.82) is 0 Å². The SMILES string of the molecule is CCCC(C=C[SH](=O)=O)[SH](=O)=O. The van der Waals surface area contributed by atoms with E-state index >= 15 is 0 Å². The average molecular weight is 212 g/mol. The second-order valence-corrected chi connectivity index (χ2v) is 4.37. The van der Waals surface area contributed by atoms with Crippen LogP contribution < -0.4 is 0 Å². The van der Waals surface area contributed by atoms with Gasteiger partial charge in [-0.25, -0.2) is 16.8 Å². The lowest BCUT2D eigenvalue weighted by Gasteiger charge is -1.99. The fourth-order valence-corrected chi connectivity index (χ4v) is 1.92. The summed E-state index contributed by atoms with van der Waals surface area (Å²) in [7, 11) is -5.17. The highest BCUT2D eigenvalue weighted by Crippen LogP contribution is 2.02. The van der Waals surface area contributed by atoms with Crippen LogP contribution in [0.3, 0.4) is 0 Å². The number of hydrogen-bond acceptors (Lipinski definition) is 4. The molecular formula is C6H12O4S2. The number of thiol groups is 2. The first-order valence-electron chi connectivity index (χ1n) is 3.53. The molecule has 0 rings (SSSR count). The van der Waals surface area contributed by atoms with E-state index < -0.39 is 26.7 Å². The zero-order valence-corrected chi connectivity index (χ0v) is 8.46. The molecule has 0 saturated carbocycles. The Labute approximate surface area is 75.2 Å². The van der Waals surface area contributed by atoms with Gasteiger partial charge in [-0.05, 0) is 6.42 Å². The summed E-state index contributed by atoms with van der Waals surface area (Å²) in [5.41, 5.74) is 0. The fourth-order valence-electron chi connectivity index (χ4n) is 0.737. The molecule has 0 fully saturated rings. The van der Waals surface area contributed by atoms with Crippen LogP contribution in [0.15, 0.2) is 11.5 Å². The molecule has 0 bridgehead atoms. The zero-order valence-electron chi connectivity index (χ0n) is 6.67. The molecule has 0 aliphatic heterocycles. The Morgan fingerprint density at radius 1 is 1.25 bits per heavy atom. The van der Waals surface area contributed by atoms with E-state index in [1.54, 1.807) is 0 Å². The van der Waals surface area contributed by atoms with Gasteiger partial charge in [0.15, 0.2) is 10.7 Å². The standard InChI is InChI=1S/C6H12O4S2/c1-2-3-6(12(9)10)4-5-11(7)8/h4-6,11-12H,2-3H2,1H3. The molecule has 12 heavy (non-hydrogen) atoms. The van der Waals surface area contributed by atoms with Crippen LogP contribution >= 0.6 is 0 Å². The molecule has 0 aliphatic rings. The molecule has 0 heterocycles. The Morgan fingerprint density at radius 2 is 1.83 bits per heavy atom. The molecule has 0 radical (unpaired) electrons. The van der Waals surface area contributed by atoms with Crippen molar-refractivity contribution in [2.45, 2.75) is 25.0 Å². The van der Waals surface area contributed by atoms with Crippen LogP contribution in [0.2, 0.25) is 0 Å². The molecule has 0 aromatic heterocycles. The third-order valence-electron chi connectivity index (χ3n) is 1.29. The van der Waals surface area contributed by atoms with E-state index in [9.17, 15) is 16.8 Å². The van der Waals surface area contributed by atoms with E-state index in [1.807, 2.05) is 6.92 Å². The normalized spacial score (nSPS) is 14.6. The van der Waals surface area contributed by atoms with Gasteiger partial charge < -0.3 is 0 Å². The maximum absolute atomic E-state index is 10.5. The minimum Gasteiger partial charge on any atom is -0.231 e. The van der Waals surface area contributed by atoms with Gasteiger partial charge in [-0.1, -0.05) is 19.4 Å².